The minimum absolute atomic E-state index is 0. The van der Waals surface area contributed by atoms with Gasteiger partial charge in [0.25, 0.3) is 0 Å². The van der Waals surface area contributed by atoms with Crippen molar-refractivity contribution >= 4 is 12.4 Å². The van der Waals surface area contributed by atoms with Crippen molar-refractivity contribution in [2.45, 2.75) is 25.1 Å². The van der Waals surface area contributed by atoms with Crippen LogP contribution >= 0.6 is 12.4 Å². The summed E-state index contributed by atoms with van der Waals surface area (Å²) in [5.41, 5.74) is -0.614. The topological polar surface area (TPSA) is 12.0 Å². The largest absolute Gasteiger partial charge is 0.419 e. The molecule has 1 heterocycles. The van der Waals surface area contributed by atoms with E-state index in [2.05, 4.69) is 5.32 Å². The van der Waals surface area contributed by atoms with Gasteiger partial charge >= 0.3 is 6.18 Å². The molecular weight excluding hydrogens is 258 g/mol. The van der Waals surface area contributed by atoms with Crippen molar-refractivity contribution in [2.24, 2.45) is 0 Å². The van der Waals surface area contributed by atoms with E-state index in [4.69, 9.17) is 0 Å². The molecule has 1 aliphatic heterocycles. The maximum absolute atomic E-state index is 13.3. The number of halogens is 5. The van der Waals surface area contributed by atoms with Crippen LogP contribution in [0.3, 0.4) is 0 Å². The maximum atomic E-state index is 13.3. The number of nitrogens with one attached hydrogen (secondary N) is 1. The van der Waals surface area contributed by atoms with E-state index < -0.39 is 17.6 Å². The number of hydrogen-bond donors (Lipinski definition) is 1. The van der Waals surface area contributed by atoms with Crippen LogP contribution < -0.4 is 5.32 Å². The Kier molecular flexibility index (Phi) is 4.38. The molecule has 1 atom stereocenters. The zero-order chi connectivity index (χ0) is 11.8. The first kappa shape index (κ1) is 14.3. The highest BCUT2D eigenvalue weighted by atomic mass is 35.5. The van der Waals surface area contributed by atoms with Crippen LogP contribution in [0.1, 0.15) is 30.0 Å². The highest BCUT2D eigenvalue weighted by Crippen LogP contribution is 2.33. The predicted molar refractivity (Wildman–Crippen MR) is 58.6 cm³/mol. The molecule has 0 aliphatic carbocycles. The normalized spacial score (nSPS) is 20.1. The Bertz CT molecular complexity index is 386. The van der Waals surface area contributed by atoms with Crippen LogP contribution in [-0.4, -0.2) is 6.54 Å². The van der Waals surface area contributed by atoms with Gasteiger partial charge in [0.05, 0.1) is 5.56 Å². The number of rotatable bonds is 1. The second kappa shape index (κ2) is 5.23. The standard InChI is InChI=1S/C11H11F4N.ClH/c12-9-6-7(10-2-1-5-16-10)3-4-8(9)11(13,14)15;/h3-4,6,10,16H,1-2,5H2;1H/t10-;/m0./s1. The van der Waals surface area contributed by atoms with E-state index >= 15 is 0 Å². The minimum atomic E-state index is -4.62. The first-order chi connectivity index (χ1) is 7.48. The summed E-state index contributed by atoms with van der Waals surface area (Å²) in [7, 11) is 0. The third-order valence-corrected chi connectivity index (χ3v) is 2.76. The summed E-state index contributed by atoms with van der Waals surface area (Å²) in [6.07, 6.45) is -2.82. The average Bonchev–Trinajstić information content (AvgIpc) is 2.68. The first-order valence-corrected chi connectivity index (χ1v) is 5.08. The molecule has 1 N–H and O–H groups in total. The third-order valence-electron chi connectivity index (χ3n) is 2.76. The molecule has 2 rings (SSSR count). The second-order valence-electron chi connectivity index (χ2n) is 3.89. The zero-order valence-electron chi connectivity index (χ0n) is 8.85. The average molecular weight is 270 g/mol. The van der Waals surface area contributed by atoms with Crippen molar-refractivity contribution in [3.05, 3.63) is 35.1 Å². The summed E-state index contributed by atoms with van der Waals surface area (Å²) in [5.74, 6) is -1.20. The van der Waals surface area contributed by atoms with Crippen molar-refractivity contribution in [3.63, 3.8) is 0 Å². The van der Waals surface area contributed by atoms with E-state index in [1.54, 1.807) is 0 Å². The Morgan fingerprint density at radius 1 is 1.24 bits per heavy atom. The molecule has 0 amide bonds. The van der Waals surface area contributed by atoms with Gasteiger partial charge in [-0.2, -0.15) is 13.2 Å². The van der Waals surface area contributed by atoms with Gasteiger partial charge in [0.2, 0.25) is 0 Å². The fraction of sp³-hybridized carbons (Fsp3) is 0.455. The Morgan fingerprint density at radius 2 is 1.94 bits per heavy atom. The summed E-state index contributed by atoms with van der Waals surface area (Å²) in [5, 5.41) is 3.11. The fourth-order valence-electron chi connectivity index (χ4n) is 1.95. The first-order valence-electron chi connectivity index (χ1n) is 5.08. The van der Waals surface area contributed by atoms with Gasteiger partial charge in [-0.05, 0) is 37.1 Å². The molecule has 1 saturated heterocycles. The van der Waals surface area contributed by atoms with E-state index in [9.17, 15) is 17.6 Å². The molecule has 0 saturated carbocycles. The lowest BCUT2D eigenvalue weighted by atomic mass is 10.0. The summed E-state index contributed by atoms with van der Waals surface area (Å²) in [6.45, 7) is 0.827. The van der Waals surface area contributed by atoms with Crippen molar-refractivity contribution in [3.8, 4) is 0 Å². The molecule has 0 unspecified atom stereocenters. The summed E-state index contributed by atoms with van der Waals surface area (Å²) >= 11 is 0. The van der Waals surface area contributed by atoms with Gasteiger partial charge < -0.3 is 5.32 Å². The smallest absolute Gasteiger partial charge is 0.310 e. The van der Waals surface area contributed by atoms with Crippen LogP contribution in [0, 0.1) is 5.82 Å². The molecule has 1 fully saturated rings. The fourth-order valence-corrected chi connectivity index (χ4v) is 1.95. The van der Waals surface area contributed by atoms with Crippen molar-refractivity contribution in [2.75, 3.05) is 6.54 Å². The lowest BCUT2D eigenvalue weighted by Crippen LogP contribution is -2.14. The number of benzene rings is 1. The van der Waals surface area contributed by atoms with Gasteiger partial charge in [-0.15, -0.1) is 12.4 Å². The molecule has 1 aliphatic rings. The molecule has 1 aromatic rings. The van der Waals surface area contributed by atoms with Crippen LogP contribution in [0.15, 0.2) is 18.2 Å². The molecular formula is C11H12ClF4N. The number of alkyl halides is 3. The maximum Gasteiger partial charge on any atom is 0.419 e. The molecule has 6 heteroatoms. The van der Waals surface area contributed by atoms with Crippen molar-refractivity contribution in [1.29, 1.82) is 0 Å². The monoisotopic (exact) mass is 269 g/mol. The summed E-state index contributed by atoms with van der Waals surface area (Å²) in [6, 6.07) is 3.11. The van der Waals surface area contributed by atoms with Gasteiger partial charge in [-0.3, -0.25) is 0 Å². The lowest BCUT2D eigenvalue weighted by molar-refractivity contribution is -0.140. The molecule has 96 valence electrons. The molecule has 0 radical (unpaired) electrons. The molecule has 0 spiro atoms. The minimum Gasteiger partial charge on any atom is -0.310 e. The van der Waals surface area contributed by atoms with E-state index in [0.29, 0.717) is 5.56 Å². The van der Waals surface area contributed by atoms with Crippen LogP contribution in [0.4, 0.5) is 17.6 Å². The van der Waals surface area contributed by atoms with Crippen LogP contribution in [0.2, 0.25) is 0 Å². The van der Waals surface area contributed by atoms with E-state index in [1.165, 1.54) is 6.07 Å². The third kappa shape index (κ3) is 3.10. The van der Waals surface area contributed by atoms with Crippen LogP contribution in [0.5, 0.6) is 0 Å². The SMILES string of the molecule is Cl.Fc1cc([C@@H]2CCCN2)ccc1C(F)(F)F. The Balaban J connectivity index is 0.00000144. The van der Waals surface area contributed by atoms with Crippen molar-refractivity contribution in [1.82, 2.24) is 5.32 Å². The van der Waals surface area contributed by atoms with Gasteiger partial charge in [0, 0.05) is 6.04 Å². The zero-order valence-corrected chi connectivity index (χ0v) is 9.67. The Labute approximate surface area is 103 Å². The summed E-state index contributed by atoms with van der Waals surface area (Å²) < 4.78 is 50.2. The van der Waals surface area contributed by atoms with E-state index in [-0.39, 0.29) is 18.4 Å². The number of hydrogen-bond acceptors (Lipinski definition) is 1. The van der Waals surface area contributed by atoms with Gasteiger partial charge in [0.15, 0.2) is 0 Å². The highest BCUT2D eigenvalue weighted by Gasteiger charge is 2.34. The molecule has 1 nitrogen and oxygen atoms in total. The second-order valence-corrected chi connectivity index (χ2v) is 3.89. The molecule has 0 bridgehead atoms. The van der Waals surface area contributed by atoms with Crippen LogP contribution in [-0.2, 0) is 6.18 Å². The summed E-state index contributed by atoms with van der Waals surface area (Å²) in [4.78, 5) is 0. The van der Waals surface area contributed by atoms with Gasteiger partial charge in [-0.25, -0.2) is 4.39 Å². The highest BCUT2D eigenvalue weighted by molar-refractivity contribution is 5.85. The Morgan fingerprint density at radius 3 is 2.41 bits per heavy atom. The molecule has 0 aromatic heterocycles. The lowest BCUT2D eigenvalue weighted by Gasteiger charge is -2.13. The van der Waals surface area contributed by atoms with E-state index in [1.807, 2.05) is 0 Å². The predicted octanol–water partition coefficient (Wildman–Crippen LogP) is 3.69. The quantitative estimate of drug-likeness (QED) is 0.767. The molecule has 17 heavy (non-hydrogen) atoms. The molecule has 1 aromatic carbocycles. The Hall–Kier alpha value is -0.810. The van der Waals surface area contributed by atoms with Gasteiger partial charge in [0.1, 0.15) is 5.82 Å². The van der Waals surface area contributed by atoms with Crippen molar-refractivity contribution < 1.29 is 17.6 Å². The van der Waals surface area contributed by atoms with Crippen LogP contribution in [0.25, 0.3) is 0 Å². The van der Waals surface area contributed by atoms with Gasteiger partial charge in [-0.1, -0.05) is 6.07 Å². The van der Waals surface area contributed by atoms with E-state index in [0.717, 1.165) is 31.5 Å².